The van der Waals surface area contributed by atoms with Crippen LogP contribution in [-0.2, 0) is 0 Å². The lowest BCUT2D eigenvalue weighted by Gasteiger charge is -2.24. The molecule has 0 aromatic heterocycles. The summed E-state index contributed by atoms with van der Waals surface area (Å²) in [5.41, 5.74) is -0.967. The number of benzene rings is 1. The van der Waals surface area contributed by atoms with Gasteiger partial charge < -0.3 is 4.74 Å². The van der Waals surface area contributed by atoms with Crippen LogP contribution in [0, 0.1) is 5.82 Å². The molecule has 9 heteroatoms. The first-order valence-corrected chi connectivity index (χ1v) is 5.04. The van der Waals surface area contributed by atoms with Crippen molar-refractivity contribution in [2.75, 3.05) is 0 Å². The molecule has 0 radical (unpaired) electrons. The van der Waals surface area contributed by atoms with Gasteiger partial charge in [-0.1, -0.05) is 6.07 Å². The monoisotopic (exact) mass is 304 g/mol. The van der Waals surface area contributed by atoms with Crippen molar-refractivity contribution >= 4 is 5.78 Å². The quantitative estimate of drug-likeness (QED) is 0.625. The second-order valence-electron chi connectivity index (χ2n) is 3.75. The number of hydrogen-bond acceptors (Lipinski definition) is 2. The zero-order valence-electron chi connectivity index (χ0n) is 9.77. The molecule has 0 N–H and O–H groups in total. The van der Waals surface area contributed by atoms with Crippen molar-refractivity contribution in [1.82, 2.24) is 0 Å². The van der Waals surface area contributed by atoms with Crippen LogP contribution in [0.2, 0.25) is 0 Å². The Labute approximate surface area is 108 Å². The zero-order chi connectivity index (χ0) is 15.7. The molecule has 0 heterocycles. The molecule has 112 valence electrons. The maximum atomic E-state index is 13.3. The van der Waals surface area contributed by atoms with Crippen LogP contribution < -0.4 is 4.74 Å². The van der Waals surface area contributed by atoms with Crippen LogP contribution in [0.5, 0.6) is 5.75 Å². The smallest absolute Gasteiger partial charge is 0.434 e. The molecule has 0 aliphatic heterocycles. The summed E-state index contributed by atoms with van der Waals surface area (Å²) >= 11 is 0. The van der Waals surface area contributed by atoms with Crippen LogP contribution in [0.15, 0.2) is 18.2 Å². The molecule has 0 aliphatic carbocycles. The van der Waals surface area contributed by atoms with Crippen molar-refractivity contribution in [1.29, 1.82) is 0 Å². The van der Waals surface area contributed by atoms with Crippen LogP contribution in [0.4, 0.5) is 30.7 Å². The molecule has 0 aliphatic rings. The van der Waals surface area contributed by atoms with E-state index in [1.54, 1.807) is 0 Å². The number of ketones is 1. The van der Waals surface area contributed by atoms with E-state index in [0.717, 1.165) is 19.1 Å². The van der Waals surface area contributed by atoms with Gasteiger partial charge in [0.15, 0.2) is 5.78 Å². The first kappa shape index (κ1) is 16.3. The van der Waals surface area contributed by atoms with Crippen LogP contribution >= 0.6 is 0 Å². The fourth-order valence-electron chi connectivity index (χ4n) is 1.39. The molecule has 20 heavy (non-hydrogen) atoms. The minimum Gasteiger partial charge on any atom is -0.470 e. The molecule has 1 aromatic rings. The van der Waals surface area contributed by atoms with E-state index in [1.807, 2.05) is 0 Å². The third-order valence-electron chi connectivity index (χ3n) is 2.17. The number of ether oxygens (including phenoxy) is 1. The highest BCUT2D eigenvalue weighted by atomic mass is 19.4. The van der Waals surface area contributed by atoms with Gasteiger partial charge in [-0.15, -0.1) is 0 Å². The molecule has 0 spiro atoms. The SMILES string of the molecule is CC(=O)c1c(F)cccc1OC(C(F)(F)F)C(F)(F)F. The minimum atomic E-state index is -5.75. The highest BCUT2D eigenvalue weighted by Crippen LogP contribution is 2.37. The molecular weight excluding hydrogens is 297 g/mol. The van der Waals surface area contributed by atoms with Crippen LogP contribution in [0.25, 0.3) is 0 Å². The molecular formula is C11H7F7O2. The molecule has 0 saturated carbocycles. The molecule has 2 nitrogen and oxygen atoms in total. The topological polar surface area (TPSA) is 26.3 Å². The summed E-state index contributed by atoms with van der Waals surface area (Å²) in [7, 11) is 0. The van der Waals surface area contributed by atoms with E-state index in [9.17, 15) is 35.5 Å². The Morgan fingerprint density at radius 1 is 1.10 bits per heavy atom. The first-order valence-electron chi connectivity index (χ1n) is 5.04. The molecule has 0 fully saturated rings. The number of alkyl halides is 6. The van der Waals surface area contributed by atoms with Gasteiger partial charge in [-0.3, -0.25) is 4.79 Å². The molecule has 0 saturated heterocycles. The zero-order valence-corrected chi connectivity index (χ0v) is 9.77. The first-order chi connectivity index (χ1) is 8.94. The Morgan fingerprint density at radius 3 is 2.00 bits per heavy atom. The van der Waals surface area contributed by atoms with Gasteiger partial charge in [-0.2, -0.15) is 26.3 Å². The average Bonchev–Trinajstić information content (AvgIpc) is 2.22. The molecule has 0 atom stereocenters. The van der Waals surface area contributed by atoms with Gasteiger partial charge in [0, 0.05) is 0 Å². The predicted molar refractivity (Wildman–Crippen MR) is 52.9 cm³/mol. The van der Waals surface area contributed by atoms with E-state index in [-0.39, 0.29) is 0 Å². The van der Waals surface area contributed by atoms with E-state index in [0.29, 0.717) is 6.07 Å². The van der Waals surface area contributed by atoms with E-state index in [4.69, 9.17) is 0 Å². The predicted octanol–water partition coefficient (Wildman–Crippen LogP) is 3.90. The number of carbonyl (C=O) groups is 1. The summed E-state index contributed by atoms with van der Waals surface area (Å²) in [6.45, 7) is 0.793. The van der Waals surface area contributed by atoms with Crippen molar-refractivity contribution < 1.29 is 40.3 Å². The van der Waals surface area contributed by atoms with Gasteiger partial charge in [0.2, 0.25) is 0 Å². The summed E-state index contributed by atoms with van der Waals surface area (Å²) in [5.74, 6) is -3.43. The standard InChI is InChI=1S/C11H7F7O2/c1-5(19)8-6(12)3-2-4-7(8)20-9(10(13,14)15)11(16,17)18/h2-4,9H,1H3. The van der Waals surface area contributed by atoms with Crippen molar-refractivity contribution in [2.45, 2.75) is 25.4 Å². The maximum Gasteiger partial charge on any atom is 0.434 e. The van der Waals surface area contributed by atoms with Gasteiger partial charge >= 0.3 is 12.4 Å². The molecule has 1 rings (SSSR count). The van der Waals surface area contributed by atoms with Gasteiger partial charge in [0.25, 0.3) is 6.10 Å². The van der Waals surface area contributed by atoms with Gasteiger partial charge in [0.05, 0.1) is 5.56 Å². The number of Topliss-reactive ketones (excluding diaryl/α,β-unsaturated/α-hetero) is 1. The summed E-state index contributed by atoms with van der Waals surface area (Å²) in [6, 6.07) is 2.21. The van der Waals surface area contributed by atoms with E-state index in [1.165, 1.54) is 0 Å². The molecule has 0 amide bonds. The van der Waals surface area contributed by atoms with E-state index >= 15 is 0 Å². The van der Waals surface area contributed by atoms with Crippen LogP contribution in [0.3, 0.4) is 0 Å². The van der Waals surface area contributed by atoms with Gasteiger partial charge in [-0.25, -0.2) is 4.39 Å². The lowest BCUT2D eigenvalue weighted by Crippen LogP contribution is -2.46. The second-order valence-corrected chi connectivity index (χ2v) is 3.75. The largest absolute Gasteiger partial charge is 0.470 e. The molecule has 1 aromatic carbocycles. The maximum absolute atomic E-state index is 13.3. The van der Waals surface area contributed by atoms with Crippen molar-refractivity contribution in [3.8, 4) is 5.75 Å². The number of hydrogen-bond donors (Lipinski definition) is 0. The lowest BCUT2D eigenvalue weighted by atomic mass is 10.1. The normalized spacial score (nSPS) is 12.7. The summed E-state index contributed by atoms with van der Waals surface area (Å²) in [6.07, 6.45) is -15.6. The fraction of sp³-hybridized carbons (Fsp3) is 0.364. The van der Waals surface area contributed by atoms with Crippen LogP contribution in [0.1, 0.15) is 17.3 Å². The Kier molecular flexibility index (Phi) is 4.30. The third kappa shape index (κ3) is 3.61. The van der Waals surface area contributed by atoms with Crippen LogP contribution in [-0.4, -0.2) is 24.2 Å². The van der Waals surface area contributed by atoms with Crippen molar-refractivity contribution in [3.63, 3.8) is 0 Å². The highest BCUT2D eigenvalue weighted by molar-refractivity contribution is 5.97. The molecule has 0 bridgehead atoms. The van der Waals surface area contributed by atoms with Gasteiger partial charge in [0.1, 0.15) is 11.6 Å². The Bertz CT molecular complexity index is 490. The van der Waals surface area contributed by atoms with Crippen molar-refractivity contribution in [3.05, 3.63) is 29.6 Å². The number of halogens is 7. The molecule has 0 unspecified atom stereocenters. The lowest BCUT2D eigenvalue weighted by molar-refractivity contribution is -0.300. The van der Waals surface area contributed by atoms with E-state index in [2.05, 4.69) is 4.74 Å². The minimum absolute atomic E-state index is 0.657. The Morgan fingerprint density at radius 2 is 1.60 bits per heavy atom. The highest BCUT2D eigenvalue weighted by Gasteiger charge is 2.59. The fourth-order valence-corrected chi connectivity index (χ4v) is 1.39. The summed E-state index contributed by atoms with van der Waals surface area (Å²) in [4.78, 5) is 11.1. The van der Waals surface area contributed by atoms with Crippen molar-refractivity contribution in [2.24, 2.45) is 0 Å². The van der Waals surface area contributed by atoms with Gasteiger partial charge in [-0.05, 0) is 19.1 Å². The average molecular weight is 304 g/mol. The second kappa shape index (κ2) is 5.29. The number of rotatable bonds is 3. The summed E-state index contributed by atoms with van der Waals surface area (Å²) in [5, 5.41) is 0. The third-order valence-corrected chi connectivity index (χ3v) is 2.17. The Hall–Kier alpha value is -1.80. The Balaban J connectivity index is 3.26. The van der Waals surface area contributed by atoms with E-state index < -0.39 is 41.4 Å². The number of carbonyl (C=O) groups excluding carboxylic acids is 1. The summed E-state index contributed by atoms with van der Waals surface area (Å²) < 4.78 is 91.0.